The minimum Gasteiger partial charge on any atom is -0.450 e. The smallest absolute Gasteiger partial charge is 0.407 e. The number of carbonyl (C=O) groups is 1. The molecule has 1 aromatic heterocycles. The number of likely N-dealkylation sites (tertiary alicyclic amines) is 1. The van der Waals surface area contributed by atoms with E-state index in [0.717, 1.165) is 35.0 Å². The lowest BCUT2D eigenvalue weighted by Crippen LogP contribution is -2.48. The molecule has 124 valence electrons. The third-order valence-corrected chi connectivity index (χ3v) is 4.89. The number of nitrogens with zero attached hydrogens (tertiary/aromatic N) is 4. The summed E-state index contributed by atoms with van der Waals surface area (Å²) in [5.41, 5.74) is 0. The molecular formula is C13H23N5O2S2. The van der Waals surface area contributed by atoms with Gasteiger partial charge >= 0.3 is 6.09 Å². The van der Waals surface area contributed by atoms with Gasteiger partial charge in [-0.3, -0.25) is 4.90 Å². The average molecular weight is 345 g/mol. The fourth-order valence-corrected chi connectivity index (χ4v) is 3.40. The molecule has 1 aliphatic heterocycles. The number of nitrogens with one attached hydrogen (secondary N) is 1. The second-order valence-corrected chi connectivity index (χ2v) is 7.07. The van der Waals surface area contributed by atoms with E-state index in [4.69, 9.17) is 17.0 Å². The lowest BCUT2D eigenvalue weighted by Gasteiger charge is -2.32. The number of anilines is 1. The van der Waals surface area contributed by atoms with Crippen LogP contribution in [0.2, 0.25) is 0 Å². The standard InChI is InChI=1S/C13H23N5O2S2/c1-4-20-12(19)14-10-6-5-7-17(8-10)9-18-13(21)22-11(15-18)16(2)3/h10H,4-9H2,1-3H3,(H,14,19). The van der Waals surface area contributed by atoms with Crippen LogP contribution < -0.4 is 10.2 Å². The molecule has 1 aliphatic rings. The summed E-state index contributed by atoms with van der Waals surface area (Å²) < 4.78 is 7.56. The minimum atomic E-state index is -0.338. The molecule has 0 bridgehead atoms. The van der Waals surface area contributed by atoms with Gasteiger partial charge in [-0.2, -0.15) is 0 Å². The van der Waals surface area contributed by atoms with Crippen molar-refractivity contribution in [1.29, 1.82) is 0 Å². The second-order valence-electron chi connectivity index (χ2n) is 5.47. The van der Waals surface area contributed by atoms with E-state index in [2.05, 4.69) is 15.3 Å². The molecule has 0 saturated carbocycles. The van der Waals surface area contributed by atoms with E-state index < -0.39 is 0 Å². The molecule has 1 amide bonds. The molecule has 2 rings (SSSR count). The summed E-state index contributed by atoms with van der Waals surface area (Å²) in [4.78, 5) is 15.7. The maximum absolute atomic E-state index is 11.5. The van der Waals surface area contributed by atoms with Gasteiger partial charge in [0.15, 0.2) is 3.95 Å². The zero-order chi connectivity index (χ0) is 16.1. The Labute approximate surface area is 139 Å². The third-order valence-electron chi connectivity index (χ3n) is 3.42. The van der Waals surface area contributed by atoms with Gasteiger partial charge in [-0.25, -0.2) is 9.48 Å². The first kappa shape index (κ1) is 17.2. The molecule has 1 aromatic rings. The van der Waals surface area contributed by atoms with Crippen molar-refractivity contribution in [2.24, 2.45) is 0 Å². The van der Waals surface area contributed by atoms with Gasteiger partial charge in [0.25, 0.3) is 0 Å². The van der Waals surface area contributed by atoms with Gasteiger partial charge in [-0.05, 0) is 32.0 Å². The van der Waals surface area contributed by atoms with E-state index in [1.165, 1.54) is 11.3 Å². The van der Waals surface area contributed by atoms with Crippen LogP contribution in [0.25, 0.3) is 0 Å². The van der Waals surface area contributed by atoms with Gasteiger partial charge in [0.2, 0.25) is 5.13 Å². The topological polar surface area (TPSA) is 62.6 Å². The molecule has 22 heavy (non-hydrogen) atoms. The van der Waals surface area contributed by atoms with Crippen LogP contribution in [0.5, 0.6) is 0 Å². The maximum Gasteiger partial charge on any atom is 0.407 e. The SMILES string of the molecule is CCOC(=O)NC1CCCN(Cn2nc(N(C)C)sc2=S)C1. The highest BCUT2D eigenvalue weighted by molar-refractivity contribution is 7.73. The molecular weight excluding hydrogens is 322 g/mol. The summed E-state index contributed by atoms with van der Waals surface area (Å²) >= 11 is 6.88. The number of rotatable bonds is 5. The fraction of sp³-hybridized carbons (Fsp3) is 0.769. The van der Waals surface area contributed by atoms with E-state index in [1.807, 2.05) is 23.7 Å². The molecule has 1 fully saturated rings. The van der Waals surface area contributed by atoms with Gasteiger partial charge < -0.3 is 15.0 Å². The average Bonchev–Trinajstić information content (AvgIpc) is 2.81. The number of hydrogen-bond donors (Lipinski definition) is 1. The van der Waals surface area contributed by atoms with E-state index in [-0.39, 0.29) is 12.1 Å². The Morgan fingerprint density at radius 3 is 3.00 bits per heavy atom. The Balaban J connectivity index is 1.92. The van der Waals surface area contributed by atoms with Crippen LogP contribution in [0.4, 0.5) is 9.93 Å². The Hall–Kier alpha value is -1.19. The lowest BCUT2D eigenvalue weighted by molar-refractivity contribution is 0.121. The predicted octanol–water partition coefficient (Wildman–Crippen LogP) is 1.91. The van der Waals surface area contributed by atoms with Gasteiger partial charge in [0.1, 0.15) is 0 Å². The van der Waals surface area contributed by atoms with Crippen LogP contribution in [0.3, 0.4) is 0 Å². The molecule has 0 radical (unpaired) electrons. The third kappa shape index (κ3) is 4.65. The molecule has 2 heterocycles. The number of carbonyl (C=O) groups excluding carboxylic acids is 1. The zero-order valence-corrected chi connectivity index (χ0v) is 14.9. The normalized spacial score (nSPS) is 19.0. The first-order valence-corrected chi connectivity index (χ1v) is 8.63. The van der Waals surface area contributed by atoms with Crippen molar-refractivity contribution in [3.8, 4) is 0 Å². The van der Waals surface area contributed by atoms with E-state index in [1.54, 1.807) is 6.92 Å². The summed E-state index contributed by atoms with van der Waals surface area (Å²) in [5.74, 6) is 0. The first-order valence-electron chi connectivity index (χ1n) is 7.40. The number of hydrogen-bond acceptors (Lipinski definition) is 7. The lowest BCUT2D eigenvalue weighted by atomic mass is 10.1. The summed E-state index contributed by atoms with van der Waals surface area (Å²) in [6, 6.07) is 0.119. The highest BCUT2D eigenvalue weighted by atomic mass is 32.1. The van der Waals surface area contributed by atoms with Crippen molar-refractivity contribution < 1.29 is 9.53 Å². The van der Waals surface area contributed by atoms with Gasteiger partial charge in [-0.15, -0.1) is 5.10 Å². The zero-order valence-electron chi connectivity index (χ0n) is 13.2. The van der Waals surface area contributed by atoms with Crippen LogP contribution in [-0.4, -0.2) is 60.6 Å². The van der Waals surface area contributed by atoms with Crippen LogP contribution in [0, 0.1) is 3.95 Å². The number of alkyl carbamates (subject to hydrolysis) is 1. The van der Waals surface area contributed by atoms with Gasteiger partial charge in [0, 0.05) is 33.2 Å². The van der Waals surface area contributed by atoms with Crippen molar-refractivity contribution in [2.45, 2.75) is 32.5 Å². The molecule has 1 saturated heterocycles. The van der Waals surface area contributed by atoms with Crippen molar-refractivity contribution in [3.63, 3.8) is 0 Å². The molecule has 0 spiro atoms. The molecule has 1 atom stereocenters. The van der Waals surface area contributed by atoms with Crippen molar-refractivity contribution in [1.82, 2.24) is 20.0 Å². The molecule has 9 heteroatoms. The summed E-state index contributed by atoms with van der Waals surface area (Å²) in [5, 5.41) is 8.34. The predicted molar refractivity (Wildman–Crippen MR) is 90.0 cm³/mol. The monoisotopic (exact) mass is 345 g/mol. The summed E-state index contributed by atoms with van der Waals surface area (Å²) in [7, 11) is 3.91. The number of aromatic nitrogens is 2. The Morgan fingerprint density at radius 1 is 1.59 bits per heavy atom. The van der Waals surface area contributed by atoms with Gasteiger partial charge in [-0.1, -0.05) is 11.3 Å². The second kappa shape index (κ2) is 7.89. The van der Waals surface area contributed by atoms with Crippen LogP contribution in [-0.2, 0) is 11.4 Å². The van der Waals surface area contributed by atoms with Crippen molar-refractivity contribution >= 4 is 34.8 Å². The summed E-state index contributed by atoms with van der Waals surface area (Å²) in [6.07, 6.45) is 1.67. The fourth-order valence-electron chi connectivity index (χ4n) is 2.40. The van der Waals surface area contributed by atoms with Crippen LogP contribution >= 0.6 is 23.6 Å². The molecule has 1 N–H and O–H groups in total. The van der Waals surface area contributed by atoms with Crippen LogP contribution in [0.15, 0.2) is 0 Å². The molecule has 1 unspecified atom stereocenters. The van der Waals surface area contributed by atoms with Crippen LogP contribution in [0.1, 0.15) is 19.8 Å². The highest BCUT2D eigenvalue weighted by Gasteiger charge is 2.22. The Morgan fingerprint density at radius 2 is 2.36 bits per heavy atom. The Kier molecular flexibility index (Phi) is 6.16. The molecule has 0 aromatic carbocycles. The van der Waals surface area contributed by atoms with Gasteiger partial charge in [0.05, 0.1) is 13.3 Å². The van der Waals surface area contributed by atoms with Crippen molar-refractivity contribution in [3.05, 3.63) is 3.95 Å². The molecule has 0 aliphatic carbocycles. The minimum absolute atomic E-state index is 0.119. The Bertz CT molecular complexity index is 557. The first-order chi connectivity index (χ1) is 10.5. The van der Waals surface area contributed by atoms with E-state index in [9.17, 15) is 4.79 Å². The number of amides is 1. The largest absolute Gasteiger partial charge is 0.450 e. The quantitative estimate of drug-likeness (QED) is 0.823. The van der Waals surface area contributed by atoms with E-state index >= 15 is 0 Å². The number of piperidine rings is 1. The van der Waals surface area contributed by atoms with E-state index in [0.29, 0.717) is 13.3 Å². The highest BCUT2D eigenvalue weighted by Crippen LogP contribution is 2.18. The summed E-state index contributed by atoms with van der Waals surface area (Å²) in [6.45, 7) is 4.62. The van der Waals surface area contributed by atoms with Crippen molar-refractivity contribution in [2.75, 3.05) is 38.7 Å². The maximum atomic E-state index is 11.5. The molecule has 7 nitrogen and oxygen atoms in total. The number of ether oxygens (including phenoxy) is 1.